The topological polar surface area (TPSA) is 55.1 Å². The third kappa shape index (κ3) is 5.45. The lowest BCUT2D eigenvalue weighted by Crippen LogP contribution is -3.15. The first-order valence-corrected chi connectivity index (χ1v) is 9.18. The molecule has 27 heavy (non-hydrogen) atoms. The van der Waals surface area contributed by atoms with Crippen molar-refractivity contribution < 1.29 is 18.8 Å². The number of rotatable bonds is 6. The molecule has 0 aliphatic carbocycles. The second-order valence-electron chi connectivity index (χ2n) is 6.71. The molecule has 2 aromatic rings. The van der Waals surface area contributed by atoms with Gasteiger partial charge in [-0.05, 0) is 24.6 Å². The molecule has 0 spiro atoms. The lowest BCUT2D eigenvalue weighted by Gasteiger charge is -2.31. The highest BCUT2D eigenvalue weighted by Crippen LogP contribution is 2.12. The van der Waals surface area contributed by atoms with Crippen LogP contribution in [-0.4, -0.2) is 37.9 Å². The van der Waals surface area contributed by atoms with Crippen molar-refractivity contribution in [1.29, 1.82) is 0 Å². The Kier molecular flexibility index (Phi) is 6.68. The van der Waals surface area contributed by atoms with Gasteiger partial charge in [-0.25, -0.2) is 9.82 Å². The Labute approximate surface area is 158 Å². The number of halogens is 1. The van der Waals surface area contributed by atoms with Crippen molar-refractivity contribution in [3.63, 3.8) is 0 Å². The Morgan fingerprint density at radius 2 is 1.81 bits per heavy atom. The molecule has 1 amide bonds. The fourth-order valence-corrected chi connectivity index (χ4v) is 3.38. The summed E-state index contributed by atoms with van der Waals surface area (Å²) in [5, 5.41) is 4.37. The number of hydrogen-bond acceptors (Lipinski definition) is 3. The number of hydrazone groups is 1. The van der Waals surface area contributed by atoms with Gasteiger partial charge in [0.05, 0.1) is 25.3 Å². The average Bonchev–Trinajstić information content (AvgIpc) is 2.70. The molecule has 1 aliphatic heterocycles. The standard InChI is InChI=1S/C21H24FN3O2/c1-16(23-24-20(26)15-17-7-9-19(22)10-8-17)21(18-5-3-2-4-6-18)25-11-13-27-14-12-25/h2-10,21H,11-15H2,1H3,(H,24,26)/p+1/b23-16-/t21-/m0/s1. The summed E-state index contributed by atoms with van der Waals surface area (Å²) < 4.78 is 18.5. The fourth-order valence-electron chi connectivity index (χ4n) is 3.38. The van der Waals surface area contributed by atoms with Crippen molar-refractivity contribution >= 4 is 11.6 Å². The molecule has 1 saturated heterocycles. The van der Waals surface area contributed by atoms with E-state index < -0.39 is 0 Å². The van der Waals surface area contributed by atoms with Crippen LogP contribution in [0.5, 0.6) is 0 Å². The Morgan fingerprint density at radius 3 is 2.48 bits per heavy atom. The number of ether oxygens (including phenoxy) is 1. The molecular weight excluding hydrogens is 345 g/mol. The Bertz CT molecular complexity index is 772. The van der Waals surface area contributed by atoms with Crippen LogP contribution in [0.4, 0.5) is 4.39 Å². The minimum atomic E-state index is -0.313. The predicted octanol–water partition coefficient (Wildman–Crippen LogP) is 1.52. The van der Waals surface area contributed by atoms with E-state index in [9.17, 15) is 9.18 Å². The normalized spacial score (nSPS) is 16.7. The molecule has 2 aromatic carbocycles. The van der Waals surface area contributed by atoms with Crippen LogP contribution in [0.25, 0.3) is 0 Å². The summed E-state index contributed by atoms with van der Waals surface area (Å²) in [6.07, 6.45) is 0.164. The second-order valence-corrected chi connectivity index (χ2v) is 6.71. The number of quaternary nitrogens is 1. The van der Waals surface area contributed by atoms with E-state index in [0.717, 1.165) is 37.6 Å². The summed E-state index contributed by atoms with van der Waals surface area (Å²) >= 11 is 0. The number of nitrogens with zero attached hydrogens (tertiary/aromatic N) is 1. The maximum atomic E-state index is 13.0. The molecular formula is C21H25FN3O2+. The number of amides is 1. The first-order chi connectivity index (χ1) is 13.1. The predicted molar refractivity (Wildman–Crippen MR) is 102 cm³/mol. The van der Waals surface area contributed by atoms with E-state index in [1.807, 2.05) is 25.1 Å². The molecule has 6 heteroatoms. The third-order valence-electron chi connectivity index (χ3n) is 4.73. The second kappa shape index (κ2) is 9.39. The Balaban J connectivity index is 1.69. The van der Waals surface area contributed by atoms with Crippen molar-refractivity contribution in [2.24, 2.45) is 5.10 Å². The SMILES string of the molecule is C/C(=N/NC(=O)Cc1ccc(F)cc1)[C@@H](c1ccccc1)[NH+]1CCOCC1. The molecule has 5 nitrogen and oxygen atoms in total. The molecule has 0 bridgehead atoms. The Morgan fingerprint density at radius 1 is 1.15 bits per heavy atom. The van der Waals surface area contributed by atoms with Gasteiger partial charge in [0.2, 0.25) is 5.91 Å². The molecule has 0 radical (unpaired) electrons. The van der Waals surface area contributed by atoms with Crippen LogP contribution in [0.3, 0.4) is 0 Å². The molecule has 0 saturated carbocycles. The van der Waals surface area contributed by atoms with E-state index in [2.05, 4.69) is 22.7 Å². The van der Waals surface area contributed by atoms with E-state index in [1.54, 1.807) is 12.1 Å². The largest absolute Gasteiger partial charge is 0.370 e. The quantitative estimate of drug-likeness (QED) is 0.598. The van der Waals surface area contributed by atoms with Crippen LogP contribution in [0.1, 0.15) is 24.1 Å². The van der Waals surface area contributed by atoms with Crippen LogP contribution < -0.4 is 10.3 Å². The van der Waals surface area contributed by atoms with Gasteiger partial charge in [0.15, 0.2) is 6.04 Å². The van der Waals surface area contributed by atoms with Crippen LogP contribution in [0, 0.1) is 5.82 Å². The minimum Gasteiger partial charge on any atom is -0.370 e. The van der Waals surface area contributed by atoms with E-state index in [4.69, 9.17) is 4.74 Å². The molecule has 1 heterocycles. The van der Waals surface area contributed by atoms with Crippen LogP contribution in [-0.2, 0) is 16.0 Å². The Hall–Kier alpha value is -2.57. The lowest BCUT2D eigenvalue weighted by molar-refractivity contribution is -0.928. The molecule has 1 atom stereocenters. The zero-order valence-electron chi connectivity index (χ0n) is 15.5. The zero-order chi connectivity index (χ0) is 19.1. The van der Waals surface area contributed by atoms with Crippen molar-refractivity contribution in [1.82, 2.24) is 5.43 Å². The number of morpholine rings is 1. The summed E-state index contributed by atoms with van der Waals surface area (Å²) in [5.74, 6) is -0.531. The molecule has 142 valence electrons. The molecule has 3 rings (SSSR count). The zero-order valence-corrected chi connectivity index (χ0v) is 15.5. The van der Waals surface area contributed by atoms with Crippen molar-refractivity contribution in [2.75, 3.05) is 26.3 Å². The highest BCUT2D eigenvalue weighted by atomic mass is 19.1. The summed E-state index contributed by atoms with van der Waals surface area (Å²) in [6, 6.07) is 16.2. The first kappa shape index (κ1) is 19.2. The average molecular weight is 370 g/mol. The molecule has 0 unspecified atom stereocenters. The van der Waals surface area contributed by atoms with E-state index in [0.29, 0.717) is 0 Å². The van der Waals surface area contributed by atoms with E-state index in [-0.39, 0.29) is 24.2 Å². The maximum absolute atomic E-state index is 13.0. The summed E-state index contributed by atoms with van der Waals surface area (Å²) in [7, 11) is 0. The monoisotopic (exact) mass is 370 g/mol. The molecule has 2 N–H and O–H groups in total. The number of benzene rings is 2. The van der Waals surface area contributed by atoms with Gasteiger partial charge in [-0.3, -0.25) is 4.79 Å². The van der Waals surface area contributed by atoms with Crippen molar-refractivity contribution in [2.45, 2.75) is 19.4 Å². The van der Waals surface area contributed by atoms with Crippen molar-refractivity contribution in [3.8, 4) is 0 Å². The van der Waals surface area contributed by atoms with E-state index in [1.165, 1.54) is 22.6 Å². The first-order valence-electron chi connectivity index (χ1n) is 9.18. The summed E-state index contributed by atoms with van der Waals surface area (Å²) in [6.45, 7) is 5.19. The summed E-state index contributed by atoms with van der Waals surface area (Å²) in [4.78, 5) is 13.6. The maximum Gasteiger partial charge on any atom is 0.244 e. The van der Waals surface area contributed by atoms with Gasteiger partial charge >= 0.3 is 0 Å². The number of carbonyl (C=O) groups is 1. The minimum absolute atomic E-state index is 0.0706. The molecule has 1 aliphatic rings. The fraction of sp³-hybridized carbons (Fsp3) is 0.333. The van der Waals surface area contributed by atoms with Gasteiger partial charge in [0.1, 0.15) is 18.9 Å². The van der Waals surface area contributed by atoms with Crippen molar-refractivity contribution in [3.05, 3.63) is 71.5 Å². The number of nitrogens with one attached hydrogen (secondary N) is 2. The van der Waals surface area contributed by atoms with Crippen LogP contribution in [0.15, 0.2) is 59.7 Å². The van der Waals surface area contributed by atoms with Crippen LogP contribution >= 0.6 is 0 Å². The van der Waals surface area contributed by atoms with Crippen LogP contribution in [0.2, 0.25) is 0 Å². The highest BCUT2D eigenvalue weighted by molar-refractivity contribution is 5.89. The highest BCUT2D eigenvalue weighted by Gasteiger charge is 2.29. The van der Waals surface area contributed by atoms with Gasteiger partial charge in [-0.15, -0.1) is 0 Å². The van der Waals surface area contributed by atoms with E-state index >= 15 is 0 Å². The van der Waals surface area contributed by atoms with Gasteiger partial charge < -0.3 is 9.64 Å². The lowest BCUT2D eigenvalue weighted by atomic mass is 10.0. The van der Waals surface area contributed by atoms with Gasteiger partial charge in [0, 0.05) is 5.56 Å². The molecule has 0 aromatic heterocycles. The smallest absolute Gasteiger partial charge is 0.244 e. The number of hydrogen-bond donors (Lipinski definition) is 2. The van der Waals surface area contributed by atoms with Gasteiger partial charge in [-0.2, -0.15) is 5.10 Å². The molecule has 1 fully saturated rings. The third-order valence-corrected chi connectivity index (χ3v) is 4.73. The summed E-state index contributed by atoms with van der Waals surface area (Å²) in [5.41, 5.74) is 5.42. The van der Waals surface area contributed by atoms with Gasteiger partial charge in [0.25, 0.3) is 0 Å². The number of carbonyl (C=O) groups excluding carboxylic acids is 1. The van der Waals surface area contributed by atoms with Gasteiger partial charge in [-0.1, -0.05) is 42.5 Å².